The molecule has 96 valence electrons. The summed E-state index contributed by atoms with van der Waals surface area (Å²) in [5.74, 6) is 0.0976. The predicted molar refractivity (Wildman–Crippen MR) is 68.9 cm³/mol. The molecule has 1 aliphatic carbocycles. The lowest BCUT2D eigenvalue weighted by Crippen LogP contribution is -2.35. The van der Waals surface area contributed by atoms with Crippen LogP contribution in [-0.2, 0) is 9.84 Å². The van der Waals surface area contributed by atoms with Gasteiger partial charge in [0.25, 0.3) is 0 Å². The molecule has 0 aromatic heterocycles. The Morgan fingerprint density at radius 1 is 1.33 bits per heavy atom. The van der Waals surface area contributed by atoms with Crippen LogP contribution >= 0.6 is 0 Å². The maximum absolute atomic E-state index is 11.9. The van der Waals surface area contributed by atoms with Gasteiger partial charge in [-0.2, -0.15) is 0 Å². The van der Waals surface area contributed by atoms with E-state index in [2.05, 4.69) is 5.32 Å². The molecule has 3 rings (SSSR count). The minimum absolute atomic E-state index is 0.0976. The number of sulfone groups is 1. The van der Waals surface area contributed by atoms with Crippen LogP contribution in [0.15, 0.2) is 28.5 Å². The normalized spacial score (nSPS) is 21.2. The van der Waals surface area contributed by atoms with E-state index in [9.17, 15) is 13.5 Å². The van der Waals surface area contributed by atoms with E-state index in [4.69, 9.17) is 0 Å². The molecule has 0 radical (unpaired) electrons. The van der Waals surface area contributed by atoms with E-state index in [0.29, 0.717) is 23.0 Å². The van der Waals surface area contributed by atoms with Crippen LogP contribution < -0.4 is 5.32 Å². The zero-order valence-corrected chi connectivity index (χ0v) is 10.7. The van der Waals surface area contributed by atoms with Crippen LogP contribution in [0.3, 0.4) is 0 Å². The Labute approximate surface area is 106 Å². The first-order chi connectivity index (χ1) is 8.56. The van der Waals surface area contributed by atoms with E-state index in [1.54, 1.807) is 0 Å². The lowest BCUT2D eigenvalue weighted by atomic mass is 9.93. The van der Waals surface area contributed by atoms with E-state index in [-0.39, 0.29) is 5.75 Å². The Hall–Kier alpha value is -1.33. The third-order valence-corrected chi connectivity index (χ3v) is 5.16. The molecule has 1 aromatic carbocycles. The number of aromatic hydroxyl groups is 1. The number of fused-ring (bicyclic) bond motifs is 1. The van der Waals surface area contributed by atoms with Crippen LogP contribution in [0.2, 0.25) is 0 Å². The highest BCUT2D eigenvalue weighted by molar-refractivity contribution is 7.95. The van der Waals surface area contributed by atoms with E-state index in [1.165, 1.54) is 30.0 Å². The molecule has 18 heavy (non-hydrogen) atoms. The topological polar surface area (TPSA) is 66.4 Å². The molecule has 0 bridgehead atoms. The average molecular weight is 265 g/mol. The van der Waals surface area contributed by atoms with E-state index < -0.39 is 9.84 Å². The molecular weight excluding hydrogens is 250 g/mol. The SMILES string of the molecule is O=S1(=O)C=C(CNC2CCC2)c2cc(O)ccc21. The first-order valence-electron chi connectivity index (χ1n) is 6.09. The first kappa shape index (κ1) is 11.7. The largest absolute Gasteiger partial charge is 0.508 e. The highest BCUT2D eigenvalue weighted by Crippen LogP contribution is 2.35. The summed E-state index contributed by atoms with van der Waals surface area (Å²) in [6.07, 6.45) is 3.56. The van der Waals surface area contributed by atoms with Crippen molar-refractivity contribution in [3.05, 3.63) is 29.2 Å². The number of hydrogen-bond donors (Lipinski definition) is 2. The Bertz CT molecular complexity index is 615. The number of phenolic OH excluding ortho intramolecular Hbond substituents is 1. The second-order valence-corrected chi connectivity index (χ2v) is 6.64. The molecule has 4 nitrogen and oxygen atoms in total. The van der Waals surface area contributed by atoms with Gasteiger partial charge in [-0.3, -0.25) is 0 Å². The summed E-state index contributed by atoms with van der Waals surface area (Å²) >= 11 is 0. The molecular formula is C13H15NO3S. The van der Waals surface area contributed by atoms with Crippen molar-refractivity contribution in [2.24, 2.45) is 0 Å². The zero-order chi connectivity index (χ0) is 12.8. The van der Waals surface area contributed by atoms with Crippen LogP contribution in [0.5, 0.6) is 5.75 Å². The molecule has 0 unspecified atom stereocenters. The predicted octanol–water partition coefficient (Wildman–Crippen LogP) is 1.66. The molecule has 5 heteroatoms. The standard InChI is InChI=1S/C13H15NO3S/c15-11-4-5-13-12(6-11)9(8-18(13,16)17)7-14-10-2-1-3-10/h4-6,8,10,14-15H,1-3,7H2. The van der Waals surface area contributed by atoms with E-state index >= 15 is 0 Å². The summed E-state index contributed by atoms with van der Waals surface area (Å²) in [6.45, 7) is 0.542. The van der Waals surface area contributed by atoms with Gasteiger partial charge in [0.2, 0.25) is 9.84 Å². The molecule has 2 aliphatic rings. The van der Waals surface area contributed by atoms with Gasteiger partial charge in [0, 0.05) is 23.6 Å². The minimum atomic E-state index is -3.32. The van der Waals surface area contributed by atoms with Crippen LogP contribution in [0, 0.1) is 0 Å². The van der Waals surface area contributed by atoms with Gasteiger partial charge in [-0.15, -0.1) is 0 Å². The van der Waals surface area contributed by atoms with Gasteiger partial charge in [-0.05, 0) is 36.6 Å². The van der Waals surface area contributed by atoms with Gasteiger partial charge in [-0.1, -0.05) is 6.42 Å². The molecule has 0 spiro atoms. The maximum atomic E-state index is 11.9. The monoisotopic (exact) mass is 265 g/mol. The number of hydrogen-bond acceptors (Lipinski definition) is 4. The molecule has 2 N–H and O–H groups in total. The van der Waals surface area contributed by atoms with Gasteiger partial charge in [0.05, 0.1) is 4.90 Å². The quantitative estimate of drug-likeness (QED) is 0.872. The molecule has 0 atom stereocenters. The summed E-state index contributed by atoms with van der Waals surface area (Å²) in [6, 6.07) is 4.91. The maximum Gasteiger partial charge on any atom is 0.200 e. The Kier molecular flexibility index (Phi) is 2.68. The second kappa shape index (κ2) is 4.10. The lowest BCUT2D eigenvalue weighted by molar-refractivity contribution is 0.353. The summed E-state index contributed by atoms with van der Waals surface area (Å²) in [5.41, 5.74) is 1.37. The fraction of sp³-hybridized carbons (Fsp3) is 0.385. The number of phenols is 1. The summed E-state index contributed by atoms with van der Waals surface area (Å²) in [4.78, 5) is 0.297. The number of benzene rings is 1. The zero-order valence-electron chi connectivity index (χ0n) is 9.89. The van der Waals surface area contributed by atoms with Crippen molar-refractivity contribution < 1.29 is 13.5 Å². The lowest BCUT2D eigenvalue weighted by Gasteiger charge is -2.26. The third-order valence-electron chi connectivity index (χ3n) is 3.60. The molecule has 1 saturated carbocycles. The van der Waals surface area contributed by atoms with Crippen molar-refractivity contribution in [3.8, 4) is 5.75 Å². The molecule has 0 saturated heterocycles. The van der Waals surface area contributed by atoms with Crippen molar-refractivity contribution in [1.82, 2.24) is 5.32 Å². The highest BCUT2D eigenvalue weighted by Gasteiger charge is 2.27. The Morgan fingerprint density at radius 2 is 2.11 bits per heavy atom. The fourth-order valence-corrected chi connectivity index (χ4v) is 3.80. The van der Waals surface area contributed by atoms with Crippen LogP contribution in [0.25, 0.3) is 5.57 Å². The minimum Gasteiger partial charge on any atom is -0.508 e. The summed E-state index contributed by atoms with van der Waals surface area (Å²) in [7, 11) is -3.32. The number of rotatable bonds is 3. The Balaban J connectivity index is 1.89. The number of nitrogens with one attached hydrogen (secondary N) is 1. The van der Waals surface area contributed by atoms with Crippen LogP contribution in [0.1, 0.15) is 24.8 Å². The molecule has 1 aliphatic heterocycles. The summed E-state index contributed by atoms with van der Waals surface area (Å²) < 4.78 is 23.8. The Morgan fingerprint density at radius 3 is 2.78 bits per heavy atom. The summed E-state index contributed by atoms with van der Waals surface area (Å²) in [5, 5.41) is 14.1. The molecule has 1 heterocycles. The molecule has 1 fully saturated rings. The van der Waals surface area contributed by atoms with Crippen LogP contribution in [0.4, 0.5) is 0 Å². The van der Waals surface area contributed by atoms with Crippen molar-refractivity contribution in [2.75, 3.05) is 6.54 Å². The van der Waals surface area contributed by atoms with E-state index in [0.717, 1.165) is 18.4 Å². The van der Waals surface area contributed by atoms with E-state index in [1.807, 2.05) is 0 Å². The third kappa shape index (κ3) is 1.93. The van der Waals surface area contributed by atoms with Crippen LogP contribution in [-0.4, -0.2) is 26.1 Å². The van der Waals surface area contributed by atoms with Gasteiger partial charge in [0.15, 0.2) is 0 Å². The van der Waals surface area contributed by atoms with Gasteiger partial charge < -0.3 is 10.4 Å². The first-order valence-corrected chi connectivity index (χ1v) is 7.63. The average Bonchev–Trinajstić information content (AvgIpc) is 2.48. The van der Waals surface area contributed by atoms with Crippen molar-refractivity contribution in [2.45, 2.75) is 30.2 Å². The van der Waals surface area contributed by atoms with Crippen molar-refractivity contribution in [1.29, 1.82) is 0 Å². The van der Waals surface area contributed by atoms with Gasteiger partial charge in [0.1, 0.15) is 5.75 Å². The smallest absolute Gasteiger partial charge is 0.200 e. The van der Waals surface area contributed by atoms with Crippen molar-refractivity contribution >= 4 is 15.4 Å². The van der Waals surface area contributed by atoms with Gasteiger partial charge in [-0.25, -0.2) is 8.42 Å². The molecule has 0 amide bonds. The van der Waals surface area contributed by atoms with Crippen molar-refractivity contribution in [3.63, 3.8) is 0 Å². The molecule has 1 aromatic rings. The fourth-order valence-electron chi connectivity index (χ4n) is 2.33. The highest BCUT2D eigenvalue weighted by atomic mass is 32.2. The van der Waals surface area contributed by atoms with Gasteiger partial charge >= 0.3 is 0 Å². The second-order valence-electron chi connectivity index (χ2n) is 4.88.